The molecule has 0 saturated heterocycles. The third-order valence-corrected chi connectivity index (χ3v) is 12.4. The molecule has 0 heterocycles. The van der Waals surface area contributed by atoms with Crippen LogP contribution in [0.1, 0.15) is 239 Å². The van der Waals surface area contributed by atoms with Gasteiger partial charge in [0.25, 0.3) is 0 Å². The quantitative estimate of drug-likeness (QED) is 0.0244. The number of amides is 1. The van der Waals surface area contributed by atoms with E-state index in [1.165, 1.54) is 180 Å². The van der Waals surface area contributed by atoms with Crippen LogP contribution in [-0.2, 0) is 18.4 Å². The molecule has 59 heavy (non-hydrogen) atoms. The molecule has 3 unspecified atom stereocenters. The van der Waals surface area contributed by atoms with Gasteiger partial charge in [0.1, 0.15) is 13.2 Å². The van der Waals surface area contributed by atoms with E-state index in [1.807, 2.05) is 27.2 Å². The lowest BCUT2D eigenvalue weighted by Crippen LogP contribution is -2.45. The Morgan fingerprint density at radius 2 is 0.915 bits per heavy atom. The molecular weight excluding hydrogens is 756 g/mol. The molecule has 8 nitrogen and oxygen atoms in total. The second kappa shape index (κ2) is 42.3. The van der Waals surface area contributed by atoms with E-state index in [4.69, 9.17) is 9.05 Å². The van der Waals surface area contributed by atoms with Crippen molar-refractivity contribution in [1.29, 1.82) is 0 Å². The molecule has 0 aliphatic rings. The molecule has 3 N–H and O–H groups in total. The minimum Gasteiger partial charge on any atom is -0.387 e. The molecule has 0 aromatic carbocycles. The minimum absolute atomic E-state index is 0.0631. The van der Waals surface area contributed by atoms with E-state index in [2.05, 4.69) is 31.3 Å². The standard InChI is InChI=1S/C50H99N2O6P/c1-6-8-10-12-14-16-18-19-20-21-22-23-24-25-26-27-28-29-30-31-32-33-34-36-38-40-42-44-50(54)51-48(47-58-59(55,56)57-46-45-52(3,4)5)49(53)43-41-39-37-35-17-15-13-11-9-7-2/h21-22,41,43,48-49,53H,6-20,23-40,42,44-47H2,1-5H3,(H-,51,54,55,56)/p+1/b22-21-,43-41+. The average molecular weight is 856 g/mol. The summed E-state index contributed by atoms with van der Waals surface area (Å²) in [6, 6.07) is -0.841. The van der Waals surface area contributed by atoms with Gasteiger partial charge in [0.2, 0.25) is 5.91 Å². The molecule has 350 valence electrons. The van der Waals surface area contributed by atoms with Crippen molar-refractivity contribution in [3.05, 3.63) is 24.3 Å². The summed E-state index contributed by atoms with van der Waals surface area (Å²) in [6.07, 6.45) is 51.3. The number of rotatable bonds is 46. The molecule has 0 radical (unpaired) electrons. The maximum atomic E-state index is 12.9. The number of aliphatic hydroxyl groups excluding tert-OH is 1. The van der Waals surface area contributed by atoms with Crippen LogP contribution in [0.4, 0.5) is 0 Å². The van der Waals surface area contributed by atoms with Crippen molar-refractivity contribution in [2.75, 3.05) is 40.9 Å². The topological polar surface area (TPSA) is 105 Å². The van der Waals surface area contributed by atoms with E-state index in [0.717, 1.165) is 38.5 Å². The third-order valence-electron chi connectivity index (χ3n) is 11.4. The van der Waals surface area contributed by atoms with Crippen LogP contribution in [0.5, 0.6) is 0 Å². The first-order chi connectivity index (χ1) is 28.5. The number of hydrogen-bond donors (Lipinski definition) is 3. The maximum absolute atomic E-state index is 12.9. The summed E-state index contributed by atoms with van der Waals surface area (Å²) >= 11 is 0. The molecule has 0 aromatic heterocycles. The number of carbonyl (C=O) groups excluding carboxylic acids is 1. The first kappa shape index (κ1) is 58.0. The maximum Gasteiger partial charge on any atom is 0.472 e. The van der Waals surface area contributed by atoms with E-state index in [0.29, 0.717) is 17.4 Å². The number of nitrogens with one attached hydrogen (secondary N) is 1. The summed E-state index contributed by atoms with van der Waals surface area (Å²) in [5.41, 5.74) is 0. The van der Waals surface area contributed by atoms with Crippen molar-refractivity contribution < 1.29 is 32.9 Å². The van der Waals surface area contributed by atoms with Gasteiger partial charge in [-0.2, -0.15) is 0 Å². The first-order valence-corrected chi connectivity index (χ1v) is 26.7. The zero-order valence-corrected chi connectivity index (χ0v) is 40.7. The van der Waals surface area contributed by atoms with Gasteiger partial charge in [0, 0.05) is 6.42 Å². The van der Waals surface area contributed by atoms with Crippen LogP contribution in [0.2, 0.25) is 0 Å². The van der Waals surface area contributed by atoms with Crippen LogP contribution < -0.4 is 5.32 Å². The van der Waals surface area contributed by atoms with Crippen LogP contribution in [0, 0.1) is 0 Å². The average Bonchev–Trinajstić information content (AvgIpc) is 3.19. The molecule has 0 saturated carbocycles. The molecule has 1 amide bonds. The van der Waals surface area contributed by atoms with Gasteiger partial charge < -0.3 is 19.8 Å². The zero-order chi connectivity index (χ0) is 43.6. The van der Waals surface area contributed by atoms with E-state index in [1.54, 1.807) is 6.08 Å². The second-order valence-corrected chi connectivity index (χ2v) is 20.0. The van der Waals surface area contributed by atoms with E-state index >= 15 is 0 Å². The third kappa shape index (κ3) is 44.8. The number of phosphoric ester groups is 1. The molecule has 0 fully saturated rings. The number of allylic oxidation sites excluding steroid dienone is 3. The summed E-state index contributed by atoms with van der Waals surface area (Å²) < 4.78 is 23.5. The Morgan fingerprint density at radius 1 is 0.559 bits per heavy atom. The van der Waals surface area contributed by atoms with Crippen molar-refractivity contribution in [3.8, 4) is 0 Å². The van der Waals surface area contributed by atoms with Crippen molar-refractivity contribution >= 4 is 13.7 Å². The largest absolute Gasteiger partial charge is 0.472 e. The van der Waals surface area contributed by atoms with Crippen molar-refractivity contribution in [3.63, 3.8) is 0 Å². The van der Waals surface area contributed by atoms with E-state index in [9.17, 15) is 19.4 Å². The highest BCUT2D eigenvalue weighted by molar-refractivity contribution is 7.47. The van der Waals surface area contributed by atoms with Gasteiger partial charge >= 0.3 is 7.82 Å². The van der Waals surface area contributed by atoms with Crippen LogP contribution in [0.3, 0.4) is 0 Å². The van der Waals surface area contributed by atoms with Gasteiger partial charge in [-0.15, -0.1) is 0 Å². The number of aliphatic hydroxyl groups is 1. The summed E-state index contributed by atoms with van der Waals surface area (Å²) in [5, 5.41) is 13.8. The highest BCUT2D eigenvalue weighted by Gasteiger charge is 2.27. The van der Waals surface area contributed by atoms with Crippen LogP contribution in [-0.4, -0.2) is 73.4 Å². The number of unbranched alkanes of at least 4 members (excludes halogenated alkanes) is 31. The SMILES string of the molecule is CCCCCCCCCC/C=C\CCCCCCCCCCCCCCCCCC(=O)NC(COP(=O)(O)OCC[N+](C)(C)C)C(O)/C=C/CCCCCCCCCC. The smallest absolute Gasteiger partial charge is 0.387 e. The van der Waals surface area contributed by atoms with E-state index in [-0.39, 0.29) is 19.1 Å². The summed E-state index contributed by atoms with van der Waals surface area (Å²) in [5.74, 6) is -0.176. The molecule has 0 aliphatic heterocycles. The van der Waals surface area contributed by atoms with Crippen molar-refractivity contribution in [2.45, 2.75) is 251 Å². The fourth-order valence-electron chi connectivity index (χ4n) is 7.39. The molecular formula is C50H100N2O6P+. The Hall–Kier alpha value is -1.02. The Labute approximate surface area is 366 Å². The molecule has 0 spiro atoms. The Balaban J connectivity index is 4.08. The Morgan fingerprint density at radius 3 is 1.31 bits per heavy atom. The highest BCUT2D eigenvalue weighted by Crippen LogP contribution is 2.43. The number of carbonyl (C=O) groups is 1. The lowest BCUT2D eigenvalue weighted by molar-refractivity contribution is -0.870. The van der Waals surface area contributed by atoms with Crippen molar-refractivity contribution in [2.24, 2.45) is 0 Å². The Kier molecular flexibility index (Phi) is 41.6. The molecule has 0 rings (SSSR count). The fourth-order valence-corrected chi connectivity index (χ4v) is 8.13. The predicted octanol–water partition coefficient (Wildman–Crippen LogP) is 14.5. The molecule has 0 aromatic rings. The van der Waals surface area contributed by atoms with Gasteiger partial charge in [0.05, 0.1) is 39.9 Å². The van der Waals surface area contributed by atoms with Crippen LogP contribution >= 0.6 is 7.82 Å². The number of likely N-dealkylation sites (N-methyl/N-ethyl adjacent to an activating group) is 1. The van der Waals surface area contributed by atoms with Gasteiger partial charge in [-0.1, -0.05) is 212 Å². The first-order valence-electron chi connectivity index (χ1n) is 25.2. The van der Waals surface area contributed by atoms with Gasteiger partial charge in [-0.05, 0) is 44.9 Å². The summed E-state index contributed by atoms with van der Waals surface area (Å²) in [4.78, 5) is 23.1. The lowest BCUT2D eigenvalue weighted by Gasteiger charge is -2.25. The van der Waals surface area contributed by atoms with Crippen LogP contribution in [0.25, 0.3) is 0 Å². The van der Waals surface area contributed by atoms with Gasteiger partial charge in [-0.25, -0.2) is 4.57 Å². The predicted molar refractivity (Wildman–Crippen MR) is 254 cm³/mol. The van der Waals surface area contributed by atoms with Crippen LogP contribution in [0.15, 0.2) is 24.3 Å². The molecule has 3 atom stereocenters. The molecule has 9 heteroatoms. The van der Waals surface area contributed by atoms with E-state index < -0.39 is 20.0 Å². The number of nitrogens with zero attached hydrogens (tertiary/aromatic N) is 1. The lowest BCUT2D eigenvalue weighted by atomic mass is 10.0. The van der Waals surface area contributed by atoms with Gasteiger partial charge in [-0.3, -0.25) is 13.8 Å². The van der Waals surface area contributed by atoms with Crippen molar-refractivity contribution in [1.82, 2.24) is 5.32 Å². The zero-order valence-electron chi connectivity index (χ0n) is 39.8. The minimum atomic E-state index is -4.33. The highest BCUT2D eigenvalue weighted by atomic mass is 31.2. The molecule has 0 aliphatic carbocycles. The monoisotopic (exact) mass is 856 g/mol. The second-order valence-electron chi connectivity index (χ2n) is 18.5. The fraction of sp³-hybridized carbons (Fsp3) is 0.900. The summed E-state index contributed by atoms with van der Waals surface area (Å²) in [6.45, 7) is 4.81. The Bertz CT molecular complexity index is 1020. The summed E-state index contributed by atoms with van der Waals surface area (Å²) in [7, 11) is 1.58. The number of phosphoric acid groups is 1. The normalized spacial score (nSPS) is 14.4. The molecule has 0 bridgehead atoms. The number of quaternary nitrogens is 1. The van der Waals surface area contributed by atoms with Gasteiger partial charge in [0.15, 0.2) is 0 Å². The number of hydrogen-bond acceptors (Lipinski definition) is 5.